The highest BCUT2D eigenvalue weighted by Crippen LogP contribution is 2.03. The van der Waals surface area contributed by atoms with Gasteiger partial charge in [-0.2, -0.15) is 0 Å². The van der Waals surface area contributed by atoms with Crippen LogP contribution in [0.25, 0.3) is 0 Å². The molecule has 0 saturated heterocycles. The smallest absolute Gasteiger partial charge is 0.333 e. The fourth-order valence-corrected chi connectivity index (χ4v) is 1.10. The third kappa shape index (κ3) is 8.89. The van der Waals surface area contributed by atoms with E-state index in [2.05, 4.69) is 6.58 Å². The molecule has 4 nitrogen and oxygen atoms in total. The SMILES string of the molecule is C=C(C)C(=O)OCC(COC(C)C)OC(C)C. The van der Waals surface area contributed by atoms with Crippen molar-refractivity contribution in [1.82, 2.24) is 0 Å². The molecular weight excluding hydrogens is 220 g/mol. The number of hydrogen-bond donors (Lipinski definition) is 0. The Morgan fingerprint density at radius 1 is 1.12 bits per heavy atom. The van der Waals surface area contributed by atoms with Gasteiger partial charge in [-0.15, -0.1) is 0 Å². The maximum absolute atomic E-state index is 11.3. The summed E-state index contributed by atoms with van der Waals surface area (Å²) in [4.78, 5) is 11.3. The van der Waals surface area contributed by atoms with Crippen LogP contribution in [0.5, 0.6) is 0 Å². The van der Waals surface area contributed by atoms with Gasteiger partial charge >= 0.3 is 5.97 Å². The Bertz CT molecular complexity index is 246. The third-order valence-corrected chi connectivity index (χ3v) is 1.83. The van der Waals surface area contributed by atoms with Crippen molar-refractivity contribution in [2.45, 2.75) is 52.9 Å². The monoisotopic (exact) mass is 244 g/mol. The minimum absolute atomic E-state index is 0.0688. The molecule has 0 aromatic carbocycles. The molecule has 0 aliphatic carbocycles. The van der Waals surface area contributed by atoms with Gasteiger partial charge in [0.05, 0.1) is 18.8 Å². The molecule has 1 atom stereocenters. The molecule has 0 N–H and O–H groups in total. The first-order chi connectivity index (χ1) is 7.82. The van der Waals surface area contributed by atoms with E-state index in [1.54, 1.807) is 6.92 Å². The Labute approximate surface area is 104 Å². The lowest BCUT2D eigenvalue weighted by Gasteiger charge is -2.21. The van der Waals surface area contributed by atoms with Gasteiger partial charge in [0.1, 0.15) is 12.7 Å². The summed E-state index contributed by atoms with van der Waals surface area (Å²) in [5, 5.41) is 0. The number of carbonyl (C=O) groups excluding carboxylic acids is 1. The summed E-state index contributed by atoms with van der Waals surface area (Å²) in [5.41, 5.74) is 0.387. The minimum atomic E-state index is -0.396. The minimum Gasteiger partial charge on any atom is -0.459 e. The lowest BCUT2D eigenvalue weighted by molar-refractivity contribution is -0.147. The molecule has 0 saturated carbocycles. The van der Waals surface area contributed by atoms with E-state index in [9.17, 15) is 4.79 Å². The van der Waals surface area contributed by atoms with Crippen molar-refractivity contribution >= 4 is 5.97 Å². The summed E-state index contributed by atoms with van der Waals surface area (Å²) < 4.78 is 16.1. The number of esters is 1. The molecule has 1 unspecified atom stereocenters. The average Bonchev–Trinajstić information content (AvgIpc) is 2.20. The van der Waals surface area contributed by atoms with Crippen LogP contribution in [0.2, 0.25) is 0 Å². The van der Waals surface area contributed by atoms with E-state index in [4.69, 9.17) is 14.2 Å². The normalized spacial score (nSPS) is 12.9. The largest absolute Gasteiger partial charge is 0.459 e. The molecule has 0 spiro atoms. The van der Waals surface area contributed by atoms with Crippen LogP contribution < -0.4 is 0 Å². The summed E-state index contributed by atoms with van der Waals surface area (Å²) in [5.74, 6) is -0.396. The first-order valence-corrected chi connectivity index (χ1v) is 5.92. The number of hydrogen-bond acceptors (Lipinski definition) is 4. The molecule has 0 aromatic rings. The van der Waals surface area contributed by atoms with Gasteiger partial charge in [0.15, 0.2) is 0 Å². The Kier molecular flexibility index (Phi) is 7.83. The quantitative estimate of drug-likeness (QED) is 0.485. The van der Waals surface area contributed by atoms with Crippen LogP contribution in [-0.4, -0.2) is 37.5 Å². The molecule has 0 radical (unpaired) electrons. The van der Waals surface area contributed by atoms with Crippen molar-refractivity contribution in [1.29, 1.82) is 0 Å². The summed E-state index contributed by atoms with van der Waals surface area (Å²) >= 11 is 0. The van der Waals surface area contributed by atoms with Gasteiger partial charge in [-0.3, -0.25) is 0 Å². The predicted molar refractivity (Wildman–Crippen MR) is 66.9 cm³/mol. The van der Waals surface area contributed by atoms with E-state index >= 15 is 0 Å². The summed E-state index contributed by atoms with van der Waals surface area (Å²) in [7, 11) is 0. The fraction of sp³-hybridized carbons (Fsp3) is 0.769. The van der Waals surface area contributed by atoms with Crippen LogP contribution in [0.4, 0.5) is 0 Å². The van der Waals surface area contributed by atoms with Crippen LogP contribution in [0.1, 0.15) is 34.6 Å². The van der Waals surface area contributed by atoms with Crippen LogP contribution in [0.15, 0.2) is 12.2 Å². The van der Waals surface area contributed by atoms with Gasteiger partial charge in [-0.1, -0.05) is 6.58 Å². The maximum atomic E-state index is 11.3. The van der Waals surface area contributed by atoms with E-state index in [0.717, 1.165) is 0 Å². The van der Waals surface area contributed by atoms with Crippen molar-refractivity contribution in [3.05, 3.63) is 12.2 Å². The Balaban J connectivity index is 4.09. The summed E-state index contributed by atoms with van der Waals surface area (Å²) in [6.45, 7) is 13.5. The zero-order valence-corrected chi connectivity index (χ0v) is 11.5. The highest BCUT2D eigenvalue weighted by Gasteiger charge is 2.15. The zero-order chi connectivity index (χ0) is 13.4. The molecule has 0 aliphatic rings. The van der Waals surface area contributed by atoms with Crippen molar-refractivity contribution in [2.75, 3.05) is 13.2 Å². The molecule has 0 bridgehead atoms. The van der Waals surface area contributed by atoms with E-state index in [0.29, 0.717) is 12.2 Å². The molecule has 17 heavy (non-hydrogen) atoms. The molecule has 0 aliphatic heterocycles. The maximum Gasteiger partial charge on any atom is 0.333 e. The summed E-state index contributed by atoms with van der Waals surface area (Å²) in [6.07, 6.45) is -0.0369. The second kappa shape index (κ2) is 8.25. The van der Waals surface area contributed by atoms with Gasteiger partial charge in [0.25, 0.3) is 0 Å². The van der Waals surface area contributed by atoms with Crippen LogP contribution >= 0.6 is 0 Å². The van der Waals surface area contributed by atoms with Crippen LogP contribution in [-0.2, 0) is 19.0 Å². The first-order valence-electron chi connectivity index (χ1n) is 5.92. The van der Waals surface area contributed by atoms with Gasteiger partial charge in [-0.05, 0) is 34.6 Å². The van der Waals surface area contributed by atoms with Crippen molar-refractivity contribution in [3.8, 4) is 0 Å². The molecule has 0 amide bonds. The van der Waals surface area contributed by atoms with E-state index in [-0.39, 0.29) is 24.9 Å². The second-order valence-corrected chi connectivity index (χ2v) is 4.57. The standard InChI is InChI=1S/C13H24O4/c1-9(2)13(14)16-8-12(17-11(5)6)7-15-10(3)4/h10-12H,1,7-8H2,2-6H3. The number of ether oxygens (including phenoxy) is 3. The number of carbonyl (C=O) groups is 1. The Hall–Kier alpha value is -0.870. The summed E-state index contributed by atoms with van der Waals surface area (Å²) in [6, 6.07) is 0. The van der Waals surface area contributed by atoms with Gasteiger partial charge in [-0.25, -0.2) is 4.79 Å². The lowest BCUT2D eigenvalue weighted by atomic mass is 10.3. The van der Waals surface area contributed by atoms with Crippen LogP contribution in [0.3, 0.4) is 0 Å². The zero-order valence-electron chi connectivity index (χ0n) is 11.5. The van der Waals surface area contributed by atoms with Crippen LogP contribution in [0, 0.1) is 0 Å². The topological polar surface area (TPSA) is 44.8 Å². The van der Waals surface area contributed by atoms with E-state index in [1.165, 1.54) is 0 Å². The Morgan fingerprint density at radius 2 is 1.71 bits per heavy atom. The van der Waals surface area contributed by atoms with E-state index in [1.807, 2.05) is 27.7 Å². The van der Waals surface area contributed by atoms with Crippen molar-refractivity contribution in [3.63, 3.8) is 0 Å². The first kappa shape index (κ1) is 16.1. The van der Waals surface area contributed by atoms with Crippen molar-refractivity contribution < 1.29 is 19.0 Å². The molecule has 4 heteroatoms. The lowest BCUT2D eigenvalue weighted by Crippen LogP contribution is -2.30. The third-order valence-electron chi connectivity index (χ3n) is 1.83. The highest BCUT2D eigenvalue weighted by atomic mass is 16.6. The van der Waals surface area contributed by atoms with Gasteiger partial charge < -0.3 is 14.2 Å². The molecular formula is C13H24O4. The van der Waals surface area contributed by atoms with Gasteiger partial charge in [0.2, 0.25) is 0 Å². The van der Waals surface area contributed by atoms with Crippen molar-refractivity contribution in [2.24, 2.45) is 0 Å². The molecule has 0 rings (SSSR count). The Morgan fingerprint density at radius 3 is 2.12 bits per heavy atom. The average molecular weight is 244 g/mol. The van der Waals surface area contributed by atoms with Gasteiger partial charge in [0, 0.05) is 5.57 Å². The molecule has 100 valence electrons. The molecule has 0 fully saturated rings. The highest BCUT2D eigenvalue weighted by molar-refractivity contribution is 5.86. The molecule has 0 aromatic heterocycles. The van der Waals surface area contributed by atoms with E-state index < -0.39 is 5.97 Å². The number of rotatable bonds is 8. The fourth-order valence-electron chi connectivity index (χ4n) is 1.10. The predicted octanol–water partition coefficient (Wildman–Crippen LogP) is 2.32. The second-order valence-electron chi connectivity index (χ2n) is 4.57. The molecule has 0 heterocycles.